The normalized spacial score (nSPS) is 31.8. The summed E-state index contributed by atoms with van der Waals surface area (Å²) < 4.78 is 1.14. The smallest absolute Gasteiger partial charge is 0.146 e. The van der Waals surface area contributed by atoms with Gasteiger partial charge in [0.25, 0.3) is 0 Å². The molecule has 1 aromatic rings. The number of piperidine rings is 1. The first-order valence-electron chi connectivity index (χ1n) is 9.03. The van der Waals surface area contributed by atoms with Gasteiger partial charge in [0.15, 0.2) is 0 Å². The standard InChI is InChI=1S/C20H30NO2.BrH.H2O/c1-14(2)21(3)17-9-10-18(21)12-16(11-17)20(23)19(13-22)15-7-5-4-6-8-15;;/h4-8,14,16-19,22H,9-13H2,1-3H3;1H;1H2/q+1;;/p-1. The zero-order valence-electron chi connectivity index (χ0n) is 15.5. The van der Waals surface area contributed by atoms with E-state index >= 15 is 0 Å². The number of quaternary nitrogens is 1. The quantitative estimate of drug-likeness (QED) is 0.648. The molecule has 0 spiro atoms. The molecule has 5 heteroatoms. The van der Waals surface area contributed by atoms with E-state index in [1.54, 1.807) is 0 Å². The summed E-state index contributed by atoms with van der Waals surface area (Å²) in [5.41, 5.74) is 0.957. The maximum atomic E-state index is 13.1. The van der Waals surface area contributed by atoms with E-state index in [4.69, 9.17) is 0 Å². The fraction of sp³-hybridized carbons (Fsp3) is 0.650. The van der Waals surface area contributed by atoms with Gasteiger partial charge in [0.2, 0.25) is 0 Å². The van der Waals surface area contributed by atoms with Gasteiger partial charge in [-0.1, -0.05) is 30.3 Å². The molecule has 142 valence electrons. The van der Waals surface area contributed by atoms with Crippen molar-refractivity contribution in [3.8, 4) is 0 Å². The van der Waals surface area contributed by atoms with E-state index in [1.165, 1.54) is 12.8 Å². The topological polar surface area (TPSA) is 68.8 Å². The molecule has 3 rings (SSSR count). The number of hydrogen-bond acceptors (Lipinski definition) is 2. The highest BCUT2D eigenvalue weighted by atomic mass is 79.9. The number of benzene rings is 1. The van der Waals surface area contributed by atoms with Crippen LogP contribution in [0.1, 0.15) is 51.0 Å². The number of carbonyl (C=O) groups excluding carboxylic acids is 1. The molecular formula is C20H32BrNO3. The van der Waals surface area contributed by atoms with Crippen LogP contribution in [0, 0.1) is 5.92 Å². The summed E-state index contributed by atoms with van der Waals surface area (Å²) in [5.74, 6) is 0.0249. The second-order valence-corrected chi connectivity index (χ2v) is 7.92. The van der Waals surface area contributed by atoms with Crippen molar-refractivity contribution in [1.29, 1.82) is 0 Å². The fourth-order valence-electron chi connectivity index (χ4n) is 5.09. The summed E-state index contributed by atoms with van der Waals surface area (Å²) in [4.78, 5) is 13.1. The zero-order chi connectivity index (χ0) is 16.6. The van der Waals surface area contributed by atoms with Crippen LogP contribution < -0.4 is 17.0 Å². The minimum absolute atomic E-state index is 0. The fourth-order valence-corrected chi connectivity index (χ4v) is 5.09. The van der Waals surface area contributed by atoms with Gasteiger partial charge in [0.1, 0.15) is 5.78 Å². The van der Waals surface area contributed by atoms with Gasteiger partial charge in [-0.25, -0.2) is 0 Å². The lowest BCUT2D eigenvalue weighted by molar-refractivity contribution is -0.968. The lowest BCUT2D eigenvalue weighted by Gasteiger charge is -2.50. The lowest BCUT2D eigenvalue weighted by atomic mass is 9.79. The molecule has 0 saturated carbocycles. The summed E-state index contributed by atoms with van der Waals surface area (Å²) in [5, 5.41) is 9.79. The highest BCUT2D eigenvalue weighted by molar-refractivity contribution is 5.88. The number of Topliss-reactive ketones (excluding diaryl/α,β-unsaturated/α-hetero) is 1. The Labute approximate surface area is 161 Å². The van der Waals surface area contributed by atoms with Crippen LogP contribution >= 0.6 is 0 Å². The van der Waals surface area contributed by atoms with Gasteiger partial charge in [0, 0.05) is 31.6 Å². The Bertz CT molecular complexity index is 549. The molecule has 2 fully saturated rings. The van der Waals surface area contributed by atoms with Crippen molar-refractivity contribution in [2.45, 2.75) is 63.6 Å². The van der Waals surface area contributed by atoms with Crippen molar-refractivity contribution in [2.75, 3.05) is 13.7 Å². The summed E-state index contributed by atoms with van der Waals surface area (Å²) in [6.07, 6.45) is 4.48. The Hall–Kier alpha value is -0.750. The largest absolute Gasteiger partial charge is 1.00 e. The number of ketones is 1. The summed E-state index contributed by atoms with van der Waals surface area (Å²) in [7, 11) is 2.38. The molecule has 2 bridgehead atoms. The number of halogens is 1. The Balaban J connectivity index is 0.00000156. The van der Waals surface area contributed by atoms with Gasteiger partial charge in [0.05, 0.1) is 37.7 Å². The molecule has 2 saturated heterocycles. The number of aliphatic hydroxyl groups is 1. The highest BCUT2D eigenvalue weighted by Gasteiger charge is 2.54. The van der Waals surface area contributed by atoms with E-state index < -0.39 is 0 Å². The molecule has 2 aliphatic rings. The molecule has 3 N–H and O–H groups in total. The van der Waals surface area contributed by atoms with Crippen molar-refractivity contribution in [2.24, 2.45) is 5.92 Å². The Kier molecular flexibility index (Phi) is 7.81. The molecule has 2 aliphatic heterocycles. The van der Waals surface area contributed by atoms with Crippen molar-refractivity contribution in [1.82, 2.24) is 0 Å². The number of aliphatic hydroxyl groups excluding tert-OH is 1. The van der Waals surface area contributed by atoms with E-state index in [-0.39, 0.29) is 46.7 Å². The number of fused-ring (bicyclic) bond motifs is 2. The van der Waals surface area contributed by atoms with Crippen molar-refractivity contribution in [3.63, 3.8) is 0 Å². The lowest BCUT2D eigenvalue weighted by Crippen LogP contribution is -3.00. The van der Waals surface area contributed by atoms with Crippen LogP contribution in [-0.4, -0.2) is 52.6 Å². The van der Waals surface area contributed by atoms with Crippen LogP contribution in [0.15, 0.2) is 30.3 Å². The molecule has 0 aromatic heterocycles. The van der Waals surface area contributed by atoms with Gasteiger partial charge >= 0.3 is 0 Å². The van der Waals surface area contributed by atoms with Crippen LogP contribution in [0.2, 0.25) is 0 Å². The van der Waals surface area contributed by atoms with E-state index in [0.29, 0.717) is 18.1 Å². The SMILES string of the molecule is CC(C)[N+]1(C)C2CCC1CC(C(=O)C(CO)c1ccccc1)C2.O.[Br-]. The predicted octanol–water partition coefficient (Wildman–Crippen LogP) is -0.693. The van der Waals surface area contributed by atoms with Gasteiger partial charge < -0.3 is 32.0 Å². The van der Waals surface area contributed by atoms with Crippen LogP contribution in [0.3, 0.4) is 0 Å². The molecule has 4 nitrogen and oxygen atoms in total. The van der Waals surface area contributed by atoms with Crippen molar-refractivity contribution < 1.29 is 36.8 Å². The van der Waals surface area contributed by atoms with Gasteiger partial charge in [-0.2, -0.15) is 0 Å². The third-order valence-corrected chi connectivity index (χ3v) is 6.76. The van der Waals surface area contributed by atoms with E-state index in [9.17, 15) is 9.90 Å². The highest BCUT2D eigenvalue weighted by Crippen LogP contribution is 2.46. The van der Waals surface area contributed by atoms with Crippen LogP contribution in [0.5, 0.6) is 0 Å². The maximum absolute atomic E-state index is 13.1. The van der Waals surface area contributed by atoms with E-state index in [1.807, 2.05) is 30.3 Å². The number of carbonyl (C=O) groups is 1. The van der Waals surface area contributed by atoms with E-state index in [0.717, 1.165) is 22.9 Å². The molecule has 3 atom stereocenters. The minimum atomic E-state index is -0.350. The van der Waals surface area contributed by atoms with Crippen molar-refractivity contribution in [3.05, 3.63) is 35.9 Å². The third kappa shape index (κ3) is 3.85. The average Bonchev–Trinajstić information content (AvgIpc) is 2.75. The monoisotopic (exact) mass is 413 g/mol. The zero-order valence-corrected chi connectivity index (χ0v) is 17.1. The molecule has 0 radical (unpaired) electrons. The molecule has 25 heavy (non-hydrogen) atoms. The van der Waals surface area contributed by atoms with Gasteiger partial charge in [-0.15, -0.1) is 0 Å². The first-order valence-corrected chi connectivity index (χ1v) is 9.03. The minimum Gasteiger partial charge on any atom is -1.00 e. The maximum Gasteiger partial charge on any atom is 0.146 e. The molecule has 1 aromatic carbocycles. The molecule has 0 amide bonds. The second kappa shape index (κ2) is 8.76. The first kappa shape index (κ1) is 22.3. The van der Waals surface area contributed by atoms with Crippen LogP contribution in [0.25, 0.3) is 0 Å². The average molecular weight is 414 g/mol. The first-order chi connectivity index (χ1) is 11.0. The number of hydrogen-bond donors (Lipinski definition) is 1. The number of nitrogens with zero attached hydrogens (tertiary/aromatic N) is 1. The Morgan fingerprint density at radius 3 is 2.12 bits per heavy atom. The summed E-state index contributed by atoms with van der Waals surface area (Å²) >= 11 is 0. The van der Waals surface area contributed by atoms with Crippen LogP contribution in [-0.2, 0) is 4.79 Å². The van der Waals surface area contributed by atoms with E-state index in [2.05, 4.69) is 20.9 Å². The number of rotatable bonds is 5. The Morgan fingerprint density at radius 1 is 1.16 bits per heavy atom. The molecular weight excluding hydrogens is 382 g/mol. The van der Waals surface area contributed by atoms with Gasteiger partial charge in [-0.05, 0) is 19.4 Å². The Morgan fingerprint density at radius 2 is 1.68 bits per heavy atom. The molecule has 3 unspecified atom stereocenters. The second-order valence-electron chi connectivity index (χ2n) is 7.92. The van der Waals surface area contributed by atoms with Gasteiger partial charge in [-0.3, -0.25) is 4.79 Å². The molecule has 0 aliphatic carbocycles. The summed E-state index contributed by atoms with van der Waals surface area (Å²) in [6.45, 7) is 4.55. The summed E-state index contributed by atoms with van der Waals surface area (Å²) in [6, 6.07) is 11.6. The predicted molar refractivity (Wildman–Crippen MR) is 95.7 cm³/mol. The third-order valence-electron chi connectivity index (χ3n) is 6.76. The van der Waals surface area contributed by atoms with Crippen molar-refractivity contribution >= 4 is 5.78 Å². The molecule has 2 heterocycles. The van der Waals surface area contributed by atoms with Crippen LogP contribution in [0.4, 0.5) is 0 Å².